The Balaban J connectivity index is 1.42. The fourth-order valence-corrected chi connectivity index (χ4v) is 5.16. The Labute approximate surface area is 165 Å². The van der Waals surface area contributed by atoms with Crippen molar-refractivity contribution in [2.24, 2.45) is 11.8 Å². The highest BCUT2D eigenvalue weighted by Gasteiger charge is 2.21. The Bertz CT molecular complexity index is 710. The first kappa shape index (κ1) is 18.7. The normalized spacial score (nSPS) is 21.6. The van der Waals surface area contributed by atoms with Gasteiger partial charge in [-0.3, -0.25) is 0 Å². The fraction of sp³-hybridized carbons (Fsp3) is 0.538. The predicted molar refractivity (Wildman–Crippen MR) is 113 cm³/mol. The van der Waals surface area contributed by atoms with Crippen molar-refractivity contribution in [2.45, 2.75) is 78.4 Å². The lowest BCUT2D eigenvalue weighted by molar-refractivity contribution is 0.105. The van der Waals surface area contributed by atoms with Gasteiger partial charge >= 0.3 is 0 Å². The van der Waals surface area contributed by atoms with Gasteiger partial charge in [0.25, 0.3) is 0 Å². The summed E-state index contributed by atoms with van der Waals surface area (Å²) in [6.45, 7) is 6.15. The number of fused-ring (bicyclic) bond motifs is 2. The molecule has 0 bridgehead atoms. The molecule has 2 atom stereocenters. The van der Waals surface area contributed by atoms with E-state index < -0.39 is 0 Å². The molecule has 0 spiro atoms. The minimum atomic E-state index is 0.751. The van der Waals surface area contributed by atoms with Gasteiger partial charge in [0.2, 0.25) is 0 Å². The van der Waals surface area contributed by atoms with Gasteiger partial charge in [-0.1, -0.05) is 63.1 Å². The maximum Gasteiger partial charge on any atom is 0.0724 e. The molecule has 0 saturated carbocycles. The molecule has 0 amide bonds. The molecule has 4 rings (SSSR count). The van der Waals surface area contributed by atoms with Crippen LogP contribution in [0.25, 0.3) is 0 Å². The zero-order valence-corrected chi connectivity index (χ0v) is 17.1. The molecule has 0 heterocycles. The van der Waals surface area contributed by atoms with Gasteiger partial charge in [0, 0.05) is 0 Å². The minimum Gasteiger partial charge on any atom is -0.372 e. The highest BCUT2D eigenvalue weighted by molar-refractivity contribution is 5.38. The smallest absolute Gasteiger partial charge is 0.0724 e. The highest BCUT2D eigenvalue weighted by atomic mass is 16.5. The predicted octanol–water partition coefficient (Wildman–Crippen LogP) is 6.43. The third kappa shape index (κ3) is 4.14. The maximum atomic E-state index is 6.24. The van der Waals surface area contributed by atoms with E-state index in [-0.39, 0.29) is 0 Å². The Morgan fingerprint density at radius 2 is 1.22 bits per heavy atom. The summed E-state index contributed by atoms with van der Waals surface area (Å²) in [5.41, 5.74) is 9.11. The van der Waals surface area contributed by atoms with Crippen LogP contribution in [0.1, 0.15) is 72.9 Å². The Morgan fingerprint density at radius 3 is 1.67 bits per heavy atom. The van der Waals surface area contributed by atoms with E-state index in [2.05, 4.69) is 50.2 Å². The van der Waals surface area contributed by atoms with Crippen molar-refractivity contribution in [1.29, 1.82) is 0 Å². The first-order valence-electron chi connectivity index (χ1n) is 11.1. The lowest BCUT2D eigenvalue weighted by atomic mass is 9.80. The Kier molecular flexibility index (Phi) is 5.98. The van der Waals surface area contributed by atoms with E-state index in [1.54, 1.807) is 22.3 Å². The average molecular weight is 363 g/mol. The molecule has 2 aliphatic carbocycles. The topological polar surface area (TPSA) is 9.23 Å². The van der Waals surface area contributed by atoms with Gasteiger partial charge in [-0.25, -0.2) is 0 Å². The SMILES string of the molecule is CCC1CCc2c(COCc3cccc4c3CCC(CC)C4)cccc2C1. The highest BCUT2D eigenvalue weighted by Crippen LogP contribution is 2.32. The van der Waals surface area contributed by atoms with Crippen LogP contribution < -0.4 is 0 Å². The van der Waals surface area contributed by atoms with Crippen LogP contribution in [-0.4, -0.2) is 0 Å². The maximum absolute atomic E-state index is 6.24. The molecular formula is C26H34O. The molecule has 0 fully saturated rings. The van der Waals surface area contributed by atoms with Crippen molar-refractivity contribution in [3.05, 3.63) is 69.8 Å². The minimum absolute atomic E-state index is 0.751. The zero-order chi connectivity index (χ0) is 18.6. The molecule has 0 aromatic heterocycles. The number of hydrogen-bond donors (Lipinski definition) is 0. The van der Waals surface area contributed by atoms with E-state index in [1.807, 2.05) is 0 Å². The first-order valence-corrected chi connectivity index (χ1v) is 11.1. The quantitative estimate of drug-likeness (QED) is 0.575. The molecule has 2 unspecified atom stereocenters. The Morgan fingerprint density at radius 1 is 0.741 bits per heavy atom. The van der Waals surface area contributed by atoms with Crippen LogP contribution in [0.2, 0.25) is 0 Å². The number of ether oxygens (including phenoxy) is 1. The van der Waals surface area contributed by atoms with Crippen molar-refractivity contribution < 1.29 is 4.74 Å². The third-order valence-corrected chi connectivity index (χ3v) is 7.03. The first-order chi connectivity index (χ1) is 13.3. The van der Waals surface area contributed by atoms with E-state index in [1.165, 1.54) is 62.5 Å². The second-order valence-electron chi connectivity index (χ2n) is 8.64. The molecule has 27 heavy (non-hydrogen) atoms. The molecule has 2 aliphatic rings. The Hall–Kier alpha value is -1.60. The largest absolute Gasteiger partial charge is 0.372 e. The van der Waals surface area contributed by atoms with Gasteiger partial charge in [0.1, 0.15) is 0 Å². The van der Waals surface area contributed by atoms with E-state index in [9.17, 15) is 0 Å². The molecule has 2 aromatic carbocycles. The second kappa shape index (κ2) is 8.61. The van der Waals surface area contributed by atoms with Gasteiger partial charge in [-0.2, -0.15) is 0 Å². The molecule has 0 saturated heterocycles. The zero-order valence-electron chi connectivity index (χ0n) is 17.1. The molecule has 1 nitrogen and oxygen atoms in total. The summed E-state index contributed by atoms with van der Waals surface area (Å²) in [6, 6.07) is 13.7. The van der Waals surface area contributed by atoms with E-state index in [4.69, 9.17) is 4.74 Å². The summed E-state index contributed by atoms with van der Waals surface area (Å²) in [5, 5.41) is 0. The molecule has 1 heteroatoms. The van der Waals surface area contributed by atoms with Crippen molar-refractivity contribution in [3.63, 3.8) is 0 Å². The van der Waals surface area contributed by atoms with Crippen molar-refractivity contribution in [2.75, 3.05) is 0 Å². The van der Waals surface area contributed by atoms with Gasteiger partial charge in [-0.15, -0.1) is 0 Å². The molecule has 2 aromatic rings. The summed E-state index contributed by atoms with van der Waals surface area (Å²) < 4.78 is 6.24. The van der Waals surface area contributed by atoms with Crippen LogP contribution in [-0.2, 0) is 43.6 Å². The van der Waals surface area contributed by atoms with Gasteiger partial charge in [-0.05, 0) is 83.7 Å². The standard InChI is InChI=1S/C26H34O/c1-3-19-11-13-25-21(15-19)7-5-9-23(25)17-27-18-24-10-6-8-22-16-20(4-2)12-14-26(22)24/h5-10,19-20H,3-4,11-18H2,1-2H3. The van der Waals surface area contributed by atoms with Crippen LogP contribution >= 0.6 is 0 Å². The van der Waals surface area contributed by atoms with Crippen LogP contribution in [0, 0.1) is 11.8 Å². The van der Waals surface area contributed by atoms with Crippen LogP contribution in [0.4, 0.5) is 0 Å². The van der Waals surface area contributed by atoms with Crippen LogP contribution in [0.5, 0.6) is 0 Å². The summed E-state index contributed by atoms with van der Waals surface area (Å²) in [7, 11) is 0. The summed E-state index contributed by atoms with van der Waals surface area (Å²) in [5.74, 6) is 1.74. The average Bonchev–Trinajstić information content (AvgIpc) is 2.73. The van der Waals surface area contributed by atoms with E-state index >= 15 is 0 Å². The molecular weight excluding hydrogens is 328 g/mol. The third-order valence-electron chi connectivity index (χ3n) is 7.03. The molecule has 0 N–H and O–H groups in total. The van der Waals surface area contributed by atoms with E-state index in [0.717, 1.165) is 25.0 Å². The lowest BCUT2D eigenvalue weighted by Crippen LogP contribution is -2.16. The van der Waals surface area contributed by atoms with E-state index in [0.29, 0.717) is 0 Å². The lowest BCUT2D eigenvalue weighted by Gasteiger charge is -2.26. The van der Waals surface area contributed by atoms with Crippen molar-refractivity contribution in [1.82, 2.24) is 0 Å². The van der Waals surface area contributed by atoms with Crippen molar-refractivity contribution >= 4 is 0 Å². The van der Waals surface area contributed by atoms with Gasteiger partial charge < -0.3 is 4.74 Å². The molecule has 0 radical (unpaired) electrons. The molecule has 0 aliphatic heterocycles. The number of hydrogen-bond acceptors (Lipinski definition) is 1. The number of benzene rings is 2. The van der Waals surface area contributed by atoms with Crippen LogP contribution in [0.3, 0.4) is 0 Å². The monoisotopic (exact) mass is 362 g/mol. The molecule has 144 valence electrons. The van der Waals surface area contributed by atoms with Gasteiger partial charge in [0.15, 0.2) is 0 Å². The summed E-state index contributed by atoms with van der Waals surface area (Å²) in [6.07, 6.45) is 10.3. The van der Waals surface area contributed by atoms with Crippen molar-refractivity contribution in [3.8, 4) is 0 Å². The van der Waals surface area contributed by atoms with Gasteiger partial charge in [0.05, 0.1) is 13.2 Å². The number of rotatable bonds is 6. The summed E-state index contributed by atoms with van der Waals surface area (Å²) in [4.78, 5) is 0. The summed E-state index contributed by atoms with van der Waals surface area (Å²) >= 11 is 0. The second-order valence-corrected chi connectivity index (χ2v) is 8.64. The van der Waals surface area contributed by atoms with Crippen LogP contribution in [0.15, 0.2) is 36.4 Å². The fourth-order valence-electron chi connectivity index (χ4n) is 5.16.